The zero-order valence-electron chi connectivity index (χ0n) is 24.2. The summed E-state index contributed by atoms with van der Waals surface area (Å²) in [4.78, 5) is 6.35. The van der Waals surface area contributed by atoms with Crippen LogP contribution in [0.25, 0.3) is 11.3 Å². The summed E-state index contributed by atoms with van der Waals surface area (Å²) in [5.41, 5.74) is 4.34. The van der Waals surface area contributed by atoms with Crippen LogP contribution >= 0.6 is 11.3 Å². The Labute approximate surface area is 253 Å². The second-order valence-electron chi connectivity index (χ2n) is 11.4. The molecule has 2 fully saturated rings. The highest BCUT2D eigenvalue weighted by Crippen LogP contribution is 2.34. The number of thiazole rings is 1. The van der Waals surface area contributed by atoms with E-state index < -0.39 is 10.0 Å². The number of ether oxygens (including phenoxy) is 1. The van der Waals surface area contributed by atoms with Crippen molar-refractivity contribution < 1.29 is 13.2 Å². The second kappa shape index (κ2) is 13.0. The normalized spacial score (nSPS) is 17.9. The summed E-state index contributed by atoms with van der Waals surface area (Å²) in [6, 6.07) is 26.2. The van der Waals surface area contributed by atoms with Gasteiger partial charge in [0.2, 0.25) is 10.0 Å². The van der Waals surface area contributed by atoms with Crippen molar-refractivity contribution in [3.8, 4) is 17.0 Å². The third kappa shape index (κ3) is 6.41. The highest BCUT2D eigenvalue weighted by atomic mass is 32.2. The van der Waals surface area contributed by atoms with Crippen molar-refractivity contribution in [3.63, 3.8) is 0 Å². The van der Waals surface area contributed by atoms with E-state index in [2.05, 4.69) is 34.2 Å². The molecule has 1 aromatic heterocycles. The number of methoxy groups -OCH3 is 1. The lowest BCUT2D eigenvalue weighted by Crippen LogP contribution is -2.38. The van der Waals surface area contributed by atoms with Crippen LogP contribution in [-0.4, -0.2) is 37.5 Å². The van der Waals surface area contributed by atoms with E-state index >= 15 is 0 Å². The van der Waals surface area contributed by atoms with E-state index in [1.807, 2.05) is 42.5 Å². The highest BCUT2D eigenvalue weighted by Gasteiger charge is 2.29. The molecule has 0 amide bonds. The van der Waals surface area contributed by atoms with Gasteiger partial charge in [0.15, 0.2) is 4.80 Å². The van der Waals surface area contributed by atoms with Crippen LogP contribution < -0.4 is 9.54 Å². The summed E-state index contributed by atoms with van der Waals surface area (Å²) < 4.78 is 36.5. The molecule has 0 N–H and O–H groups in total. The molecule has 1 saturated carbocycles. The monoisotopic (exact) mass is 601 g/mol. The fourth-order valence-corrected chi connectivity index (χ4v) is 8.78. The average molecular weight is 602 g/mol. The first-order valence-electron chi connectivity index (χ1n) is 15.0. The topological polar surface area (TPSA) is 63.9 Å². The molecule has 1 saturated heterocycles. The van der Waals surface area contributed by atoms with Crippen LogP contribution in [-0.2, 0) is 16.4 Å². The average Bonchev–Trinajstić information content (AvgIpc) is 3.46. The molecule has 1 aliphatic carbocycles. The lowest BCUT2D eigenvalue weighted by Gasteiger charge is -2.31. The molecule has 0 atom stereocenters. The van der Waals surface area contributed by atoms with Crippen molar-refractivity contribution in [2.24, 2.45) is 10.9 Å². The van der Waals surface area contributed by atoms with Crippen molar-refractivity contribution in [2.75, 3.05) is 20.2 Å². The van der Waals surface area contributed by atoms with Gasteiger partial charge in [-0.2, -0.15) is 4.31 Å². The predicted molar refractivity (Wildman–Crippen MR) is 170 cm³/mol. The largest absolute Gasteiger partial charge is 0.497 e. The molecule has 0 bridgehead atoms. The third-order valence-corrected chi connectivity index (χ3v) is 11.5. The van der Waals surface area contributed by atoms with Crippen molar-refractivity contribution in [1.82, 2.24) is 8.87 Å². The Morgan fingerprint density at radius 2 is 1.55 bits per heavy atom. The van der Waals surface area contributed by atoms with E-state index in [1.54, 1.807) is 34.9 Å². The van der Waals surface area contributed by atoms with Gasteiger partial charge in [-0.3, -0.25) is 0 Å². The Kier molecular flexibility index (Phi) is 8.93. The molecule has 6 nitrogen and oxygen atoms in total. The quantitative estimate of drug-likeness (QED) is 0.209. The van der Waals surface area contributed by atoms with E-state index in [0.29, 0.717) is 29.9 Å². The van der Waals surface area contributed by atoms with Crippen LogP contribution in [0.4, 0.5) is 5.69 Å². The first-order chi connectivity index (χ1) is 20.5. The molecule has 3 aromatic carbocycles. The van der Waals surface area contributed by atoms with Gasteiger partial charge in [0, 0.05) is 24.5 Å². The molecule has 8 heteroatoms. The number of hydrogen-bond acceptors (Lipinski definition) is 5. The van der Waals surface area contributed by atoms with E-state index in [0.717, 1.165) is 59.6 Å². The summed E-state index contributed by atoms with van der Waals surface area (Å²) in [5.74, 6) is 1.33. The smallest absolute Gasteiger partial charge is 0.243 e. The fraction of sp³-hybridized carbons (Fsp3) is 0.382. The van der Waals surface area contributed by atoms with Crippen LogP contribution in [0.5, 0.6) is 5.75 Å². The fourth-order valence-electron chi connectivity index (χ4n) is 6.32. The van der Waals surface area contributed by atoms with Gasteiger partial charge >= 0.3 is 0 Å². The Balaban J connectivity index is 1.22. The van der Waals surface area contributed by atoms with E-state index in [1.165, 1.54) is 24.8 Å². The van der Waals surface area contributed by atoms with Crippen LogP contribution in [0, 0.1) is 5.92 Å². The van der Waals surface area contributed by atoms with Crippen molar-refractivity contribution >= 4 is 27.0 Å². The van der Waals surface area contributed by atoms with Gasteiger partial charge in [-0.1, -0.05) is 61.7 Å². The zero-order chi connectivity index (χ0) is 28.9. The molecule has 42 heavy (non-hydrogen) atoms. The lowest BCUT2D eigenvalue weighted by atomic mass is 9.91. The van der Waals surface area contributed by atoms with Crippen LogP contribution in [0.1, 0.15) is 56.6 Å². The van der Waals surface area contributed by atoms with Gasteiger partial charge < -0.3 is 9.30 Å². The highest BCUT2D eigenvalue weighted by molar-refractivity contribution is 7.89. The van der Waals surface area contributed by atoms with Gasteiger partial charge in [0.1, 0.15) is 5.75 Å². The van der Waals surface area contributed by atoms with Crippen LogP contribution in [0.2, 0.25) is 0 Å². The molecular weight excluding hydrogens is 563 g/mol. The van der Waals surface area contributed by atoms with Crippen molar-refractivity contribution in [2.45, 2.75) is 62.3 Å². The molecular formula is C34H39N3O3S2. The van der Waals surface area contributed by atoms with Gasteiger partial charge in [0.25, 0.3) is 0 Å². The number of rotatable bonds is 8. The summed E-state index contributed by atoms with van der Waals surface area (Å²) in [6.45, 7) is 1.15. The minimum atomic E-state index is -3.53. The molecule has 2 heterocycles. The van der Waals surface area contributed by atoms with Crippen molar-refractivity contribution in [3.05, 3.63) is 94.6 Å². The van der Waals surface area contributed by atoms with E-state index in [4.69, 9.17) is 9.73 Å². The van der Waals surface area contributed by atoms with E-state index in [-0.39, 0.29) is 0 Å². The standard InChI is InChI=1S/C34H39N3O3S2/c1-40-31-16-14-29(15-17-31)35-34-37(30-10-6-3-7-11-30)33(25-41-34)28-12-18-32(19-13-28)42(38,39)36-22-20-27(21-23-36)24-26-8-4-2-5-9-26/h2,4-5,8-9,12-19,25,27,30H,3,6-7,10-11,20-24H2,1H3. The summed E-state index contributed by atoms with van der Waals surface area (Å²) in [7, 11) is -1.86. The summed E-state index contributed by atoms with van der Waals surface area (Å²) in [5, 5.41) is 2.16. The molecule has 0 unspecified atom stereocenters. The molecule has 2 aliphatic rings. The number of aromatic nitrogens is 1. The number of nitrogens with zero attached hydrogens (tertiary/aromatic N) is 3. The number of hydrogen-bond donors (Lipinski definition) is 0. The molecule has 0 radical (unpaired) electrons. The maximum Gasteiger partial charge on any atom is 0.243 e. The predicted octanol–water partition coefficient (Wildman–Crippen LogP) is 7.61. The van der Waals surface area contributed by atoms with Gasteiger partial charge in [-0.15, -0.1) is 11.3 Å². The SMILES string of the molecule is COc1ccc(N=c2scc(-c3ccc(S(=O)(=O)N4CCC(Cc5ccccc5)CC4)cc3)n2C2CCCCC2)cc1. The van der Waals surface area contributed by atoms with Gasteiger partial charge in [0.05, 0.1) is 23.4 Å². The second-order valence-corrected chi connectivity index (χ2v) is 14.2. The summed E-state index contributed by atoms with van der Waals surface area (Å²) >= 11 is 1.64. The Bertz CT molecular complexity index is 1630. The van der Waals surface area contributed by atoms with E-state index in [9.17, 15) is 8.42 Å². The zero-order valence-corrected chi connectivity index (χ0v) is 25.8. The third-order valence-electron chi connectivity index (χ3n) is 8.71. The van der Waals surface area contributed by atoms with Gasteiger partial charge in [-0.05, 0) is 85.5 Å². The first kappa shape index (κ1) is 28.9. The Morgan fingerprint density at radius 3 is 2.21 bits per heavy atom. The molecule has 1 aliphatic heterocycles. The number of benzene rings is 3. The first-order valence-corrected chi connectivity index (χ1v) is 17.4. The Morgan fingerprint density at radius 1 is 0.857 bits per heavy atom. The lowest BCUT2D eigenvalue weighted by molar-refractivity contribution is 0.273. The minimum absolute atomic E-state index is 0.371. The van der Waals surface area contributed by atoms with Gasteiger partial charge in [-0.25, -0.2) is 13.4 Å². The van der Waals surface area contributed by atoms with Crippen LogP contribution in [0.15, 0.2) is 94.1 Å². The number of piperidine rings is 1. The molecule has 4 aromatic rings. The maximum atomic E-state index is 13.6. The molecule has 220 valence electrons. The minimum Gasteiger partial charge on any atom is -0.497 e. The summed E-state index contributed by atoms with van der Waals surface area (Å²) in [6.07, 6.45) is 8.77. The van der Waals surface area contributed by atoms with Crippen molar-refractivity contribution in [1.29, 1.82) is 0 Å². The van der Waals surface area contributed by atoms with Crippen LogP contribution in [0.3, 0.4) is 0 Å². The number of sulfonamides is 1. The maximum absolute atomic E-state index is 13.6. The molecule has 6 rings (SSSR count). The Hall–Kier alpha value is -3.20. The molecule has 0 spiro atoms.